The van der Waals surface area contributed by atoms with Crippen molar-refractivity contribution >= 4 is 15.9 Å². The number of hydrogen-bond donors (Lipinski definition) is 0. The Balaban J connectivity index is 2.10. The summed E-state index contributed by atoms with van der Waals surface area (Å²) < 4.78 is 30.0. The zero-order valence-electron chi connectivity index (χ0n) is 15.7. The van der Waals surface area contributed by atoms with E-state index in [0.29, 0.717) is 31.9 Å². The molecule has 0 N–H and O–H groups in total. The third kappa shape index (κ3) is 4.95. The SMILES string of the molecule is COc1ccc(C(C)(C)C)cc1CC(=O)N1CCN(S(C)(=O)=O)CC1. The minimum Gasteiger partial charge on any atom is -0.496 e. The van der Waals surface area contributed by atoms with Gasteiger partial charge in [-0.1, -0.05) is 32.9 Å². The lowest BCUT2D eigenvalue weighted by Gasteiger charge is -2.33. The maximum atomic E-state index is 12.7. The summed E-state index contributed by atoms with van der Waals surface area (Å²) in [7, 11) is -1.59. The van der Waals surface area contributed by atoms with Crippen molar-refractivity contribution in [3.8, 4) is 5.75 Å². The van der Waals surface area contributed by atoms with E-state index in [1.54, 1.807) is 12.0 Å². The first-order valence-electron chi connectivity index (χ1n) is 8.42. The number of carbonyl (C=O) groups is 1. The van der Waals surface area contributed by atoms with Gasteiger partial charge in [-0.15, -0.1) is 0 Å². The van der Waals surface area contributed by atoms with Crippen LogP contribution >= 0.6 is 0 Å². The molecule has 0 unspecified atom stereocenters. The largest absolute Gasteiger partial charge is 0.496 e. The molecule has 0 aromatic heterocycles. The summed E-state index contributed by atoms with van der Waals surface area (Å²) in [4.78, 5) is 14.4. The molecular formula is C18H28N2O4S. The lowest BCUT2D eigenvalue weighted by Crippen LogP contribution is -2.50. The van der Waals surface area contributed by atoms with Crippen molar-refractivity contribution in [2.45, 2.75) is 32.6 Å². The van der Waals surface area contributed by atoms with Crippen molar-refractivity contribution in [1.82, 2.24) is 9.21 Å². The van der Waals surface area contributed by atoms with E-state index in [4.69, 9.17) is 4.74 Å². The maximum Gasteiger partial charge on any atom is 0.227 e. The smallest absolute Gasteiger partial charge is 0.227 e. The molecule has 25 heavy (non-hydrogen) atoms. The number of rotatable bonds is 4. The zero-order valence-corrected chi connectivity index (χ0v) is 16.5. The number of benzene rings is 1. The molecule has 0 spiro atoms. The number of hydrogen-bond acceptors (Lipinski definition) is 4. The van der Waals surface area contributed by atoms with Crippen LogP contribution in [0.2, 0.25) is 0 Å². The van der Waals surface area contributed by atoms with E-state index in [9.17, 15) is 13.2 Å². The van der Waals surface area contributed by atoms with Gasteiger partial charge in [0.15, 0.2) is 0 Å². The number of methoxy groups -OCH3 is 1. The van der Waals surface area contributed by atoms with Gasteiger partial charge in [-0.3, -0.25) is 4.79 Å². The standard InChI is InChI=1S/C18H28N2O4S/c1-18(2,3)15-6-7-16(24-4)14(12-15)13-17(21)19-8-10-20(11-9-19)25(5,22)23/h6-7,12H,8-11,13H2,1-5H3. The molecule has 0 aliphatic carbocycles. The second-order valence-corrected chi connectivity index (χ2v) is 9.48. The highest BCUT2D eigenvalue weighted by Gasteiger charge is 2.26. The van der Waals surface area contributed by atoms with Gasteiger partial charge in [0.1, 0.15) is 5.75 Å². The average Bonchev–Trinajstić information content (AvgIpc) is 2.53. The molecule has 140 valence electrons. The predicted octanol–water partition coefficient (Wildman–Crippen LogP) is 1.64. The van der Waals surface area contributed by atoms with Crippen molar-refractivity contribution in [1.29, 1.82) is 0 Å². The molecule has 1 aliphatic heterocycles. The molecular weight excluding hydrogens is 340 g/mol. The summed E-state index contributed by atoms with van der Waals surface area (Å²) in [6.45, 7) is 7.94. The third-order valence-electron chi connectivity index (χ3n) is 4.55. The van der Waals surface area contributed by atoms with E-state index in [2.05, 4.69) is 20.8 Å². The average molecular weight is 368 g/mol. The fraction of sp³-hybridized carbons (Fsp3) is 0.611. The Bertz CT molecular complexity index is 730. The molecule has 2 rings (SSSR count). The normalized spacial score (nSPS) is 16.8. The van der Waals surface area contributed by atoms with Gasteiger partial charge in [0.2, 0.25) is 15.9 Å². The van der Waals surface area contributed by atoms with Gasteiger partial charge in [0.25, 0.3) is 0 Å². The Morgan fingerprint density at radius 2 is 1.76 bits per heavy atom. The molecule has 1 heterocycles. The lowest BCUT2D eigenvalue weighted by atomic mass is 9.85. The molecule has 1 fully saturated rings. The summed E-state index contributed by atoms with van der Waals surface area (Å²) in [6.07, 6.45) is 1.46. The summed E-state index contributed by atoms with van der Waals surface area (Å²) >= 11 is 0. The van der Waals surface area contributed by atoms with Gasteiger partial charge in [0, 0.05) is 31.7 Å². The highest BCUT2D eigenvalue weighted by Crippen LogP contribution is 2.28. The zero-order chi connectivity index (χ0) is 18.8. The van der Waals surface area contributed by atoms with Gasteiger partial charge < -0.3 is 9.64 Å². The number of piperazine rings is 1. The highest BCUT2D eigenvalue weighted by atomic mass is 32.2. The van der Waals surface area contributed by atoms with Crippen LogP contribution in [0.4, 0.5) is 0 Å². The molecule has 1 saturated heterocycles. The van der Waals surface area contributed by atoms with Gasteiger partial charge in [-0.05, 0) is 17.0 Å². The summed E-state index contributed by atoms with van der Waals surface area (Å²) in [6, 6.07) is 5.96. The van der Waals surface area contributed by atoms with Crippen LogP contribution in [0.5, 0.6) is 5.75 Å². The van der Waals surface area contributed by atoms with Crippen LogP contribution in [0.15, 0.2) is 18.2 Å². The Kier molecular flexibility index (Phi) is 5.79. The van der Waals surface area contributed by atoms with Crippen LogP contribution in [-0.4, -0.2) is 63.1 Å². The molecule has 0 saturated carbocycles. The molecule has 6 nitrogen and oxygen atoms in total. The Morgan fingerprint density at radius 3 is 2.24 bits per heavy atom. The second kappa shape index (κ2) is 7.33. The van der Waals surface area contributed by atoms with Crippen molar-refractivity contribution in [3.63, 3.8) is 0 Å². The third-order valence-corrected chi connectivity index (χ3v) is 5.85. The first kappa shape index (κ1) is 19.7. The first-order valence-corrected chi connectivity index (χ1v) is 10.3. The van der Waals surface area contributed by atoms with Crippen LogP contribution in [-0.2, 0) is 26.7 Å². The number of carbonyl (C=O) groups excluding carboxylic acids is 1. The molecule has 1 aromatic carbocycles. The number of nitrogens with zero attached hydrogens (tertiary/aromatic N) is 2. The fourth-order valence-corrected chi connectivity index (χ4v) is 3.75. The summed E-state index contributed by atoms with van der Waals surface area (Å²) in [5.74, 6) is 0.702. The Morgan fingerprint density at radius 1 is 1.16 bits per heavy atom. The molecule has 1 aliphatic rings. The second-order valence-electron chi connectivity index (χ2n) is 7.50. The lowest BCUT2D eigenvalue weighted by molar-refractivity contribution is -0.131. The van der Waals surface area contributed by atoms with Crippen molar-refractivity contribution in [2.75, 3.05) is 39.5 Å². The predicted molar refractivity (Wildman–Crippen MR) is 98.4 cm³/mol. The van der Waals surface area contributed by atoms with Gasteiger partial charge in [-0.25, -0.2) is 8.42 Å². The number of amides is 1. The van der Waals surface area contributed by atoms with Gasteiger partial charge >= 0.3 is 0 Å². The molecule has 0 atom stereocenters. The quantitative estimate of drug-likeness (QED) is 0.810. The minimum atomic E-state index is -3.19. The van der Waals surface area contributed by atoms with Crippen molar-refractivity contribution < 1.29 is 17.9 Å². The Labute approximate surface area is 150 Å². The fourth-order valence-electron chi connectivity index (χ4n) is 2.93. The van der Waals surface area contributed by atoms with Crippen molar-refractivity contribution in [3.05, 3.63) is 29.3 Å². The number of ether oxygens (including phenoxy) is 1. The van der Waals surface area contributed by atoms with Crippen molar-refractivity contribution in [2.24, 2.45) is 0 Å². The highest BCUT2D eigenvalue weighted by molar-refractivity contribution is 7.88. The van der Waals surface area contributed by atoms with E-state index >= 15 is 0 Å². The monoisotopic (exact) mass is 368 g/mol. The first-order chi connectivity index (χ1) is 11.5. The number of sulfonamides is 1. The van der Waals surface area contributed by atoms with E-state index in [1.807, 2.05) is 18.2 Å². The summed E-state index contributed by atoms with van der Waals surface area (Å²) in [5, 5.41) is 0. The maximum absolute atomic E-state index is 12.7. The van der Waals surface area contributed by atoms with Crippen LogP contribution in [0.1, 0.15) is 31.9 Å². The van der Waals surface area contributed by atoms with Crippen LogP contribution in [0, 0.1) is 0 Å². The van der Waals surface area contributed by atoms with E-state index in [1.165, 1.54) is 10.6 Å². The molecule has 0 radical (unpaired) electrons. The van der Waals surface area contributed by atoms with Gasteiger partial charge in [-0.2, -0.15) is 4.31 Å². The Hall–Kier alpha value is -1.60. The van der Waals surface area contributed by atoms with Crippen LogP contribution < -0.4 is 4.74 Å². The van der Waals surface area contributed by atoms with E-state index < -0.39 is 10.0 Å². The topological polar surface area (TPSA) is 66.9 Å². The van der Waals surface area contributed by atoms with Gasteiger partial charge in [0.05, 0.1) is 19.8 Å². The summed E-state index contributed by atoms with van der Waals surface area (Å²) in [5.41, 5.74) is 2.01. The molecule has 0 bridgehead atoms. The van der Waals surface area contributed by atoms with Crippen LogP contribution in [0.25, 0.3) is 0 Å². The van der Waals surface area contributed by atoms with Crippen LogP contribution in [0.3, 0.4) is 0 Å². The van der Waals surface area contributed by atoms with E-state index in [0.717, 1.165) is 11.1 Å². The van der Waals surface area contributed by atoms with E-state index in [-0.39, 0.29) is 17.7 Å². The minimum absolute atomic E-state index is 0.00231. The molecule has 7 heteroatoms. The molecule has 1 amide bonds. The molecule has 1 aromatic rings.